The molecule has 4 N–H and O–H groups in total. The van der Waals surface area contributed by atoms with Crippen molar-refractivity contribution in [3.8, 4) is 5.75 Å². The molecule has 1 amide bonds. The molecule has 1 aliphatic carbocycles. The Morgan fingerprint density at radius 1 is 1.43 bits per heavy atom. The van der Waals surface area contributed by atoms with E-state index in [-0.39, 0.29) is 16.9 Å². The minimum atomic E-state index is -1.05. The molecule has 21 heavy (non-hydrogen) atoms. The Morgan fingerprint density at radius 2 is 2.14 bits per heavy atom. The van der Waals surface area contributed by atoms with E-state index >= 15 is 0 Å². The fraction of sp³-hybridized carbons (Fsp3) is 0.467. The molecule has 0 bridgehead atoms. The standard InChI is InChI=1S/C15H20N2O4/c1-21-12-4-3-10(14(19)20)7-11(12)17-13(18)8-15(9-16)5-2-6-15/h3-4,7H,2,5-6,8-9,16H2,1H3,(H,17,18)(H,19,20). The highest BCUT2D eigenvalue weighted by atomic mass is 16.5. The predicted octanol–water partition coefficient (Wildman–Crippen LogP) is 1.85. The highest BCUT2D eigenvalue weighted by Gasteiger charge is 2.37. The van der Waals surface area contributed by atoms with Gasteiger partial charge in [0.25, 0.3) is 0 Å². The van der Waals surface area contributed by atoms with Gasteiger partial charge in [-0.1, -0.05) is 6.42 Å². The maximum absolute atomic E-state index is 12.2. The Hall–Kier alpha value is -2.08. The molecular weight excluding hydrogens is 272 g/mol. The van der Waals surface area contributed by atoms with Crippen molar-refractivity contribution in [3.05, 3.63) is 23.8 Å². The van der Waals surface area contributed by atoms with Gasteiger partial charge in [-0.05, 0) is 43.0 Å². The van der Waals surface area contributed by atoms with Crippen LogP contribution in [0.1, 0.15) is 36.0 Å². The van der Waals surface area contributed by atoms with E-state index in [4.69, 9.17) is 15.6 Å². The zero-order valence-corrected chi connectivity index (χ0v) is 12.0. The van der Waals surface area contributed by atoms with Gasteiger partial charge < -0.3 is 20.9 Å². The van der Waals surface area contributed by atoms with Crippen LogP contribution in [0.15, 0.2) is 18.2 Å². The summed E-state index contributed by atoms with van der Waals surface area (Å²) in [6, 6.07) is 4.36. The van der Waals surface area contributed by atoms with Crippen LogP contribution in [0.2, 0.25) is 0 Å². The van der Waals surface area contributed by atoms with E-state index in [1.807, 2.05) is 0 Å². The maximum atomic E-state index is 12.2. The van der Waals surface area contributed by atoms with Gasteiger partial charge in [-0.25, -0.2) is 4.79 Å². The summed E-state index contributed by atoms with van der Waals surface area (Å²) in [5.74, 6) is -0.782. The van der Waals surface area contributed by atoms with Crippen LogP contribution in [-0.2, 0) is 4.79 Å². The van der Waals surface area contributed by atoms with Crippen molar-refractivity contribution in [1.82, 2.24) is 0 Å². The first-order chi connectivity index (χ1) is 9.99. The van der Waals surface area contributed by atoms with Gasteiger partial charge in [-0.15, -0.1) is 0 Å². The van der Waals surface area contributed by atoms with Crippen LogP contribution in [0.5, 0.6) is 5.75 Å². The number of methoxy groups -OCH3 is 1. The molecule has 114 valence electrons. The number of ether oxygens (including phenoxy) is 1. The number of anilines is 1. The normalized spacial score (nSPS) is 15.9. The summed E-state index contributed by atoms with van der Waals surface area (Å²) in [5.41, 5.74) is 6.12. The van der Waals surface area contributed by atoms with E-state index in [2.05, 4.69) is 5.32 Å². The molecule has 1 saturated carbocycles. The van der Waals surface area contributed by atoms with Crippen LogP contribution < -0.4 is 15.8 Å². The summed E-state index contributed by atoms with van der Waals surface area (Å²) < 4.78 is 5.15. The van der Waals surface area contributed by atoms with Gasteiger partial charge in [-0.2, -0.15) is 0 Å². The third-order valence-electron chi connectivity index (χ3n) is 4.10. The zero-order valence-electron chi connectivity index (χ0n) is 12.0. The number of benzene rings is 1. The van der Waals surface area contributed by atoms with Crippen LogP contribution in [0.4, 0.5) is 5.69 Å². The monoisotopic (exact) mass is 292 g/mol. The molecule has 0 aromatic heterocycles. The Balaban J connectivity index is 2.12. The van der Waals surface area contributed by atoms with E-state index in [0.29, 0.717) is 24.4 Å². The van der Waals surface area contributed by atoms with E-state index in [1.54, 1.807) is 0 Å². The molecule has 1 fully saturated rings. The average molecular weight is 292 g/mol. The smallest absolute Gasteiger partial charge is 0.335 e. The number of carboxylic acid groups (broad SMARTS) is 1. The summed E-state index contributed by atoms with van der Waals surface area (Å²) in [6.07, 6.45) is 3.37. The predicted molar refractivity (Wildman–Crippen MR) is 78.5 cm³/mol. The number of carbonyl (C=O) groups excluding carboxylic acids is 1. The number of hydrogen-bond donors (Lipinski definition) is 3. The number of carbonyl (C=O) groups is 2. The number of aromatic carboxylic acids is 1. The average Bonchev–Trinajstić information content (AvgIpc) is 2.42. The molecule has 6 nitrogen and oxygen atoms in total. The lowest BCUT2D eigenvalue weighted by molar-refractivity contribution is -0.119. The van der Waals surface area contributed by atoms with Gasteiger partial charge in [0.15, 0.2) is 0 Å². The first-order valence-corrected chi connectivity index (χ1v) is 6.91. The summed E-state index contributed by atoms with van der Waals surface area (Å²) in [4.78, 5) is 23.2. The summed E-state index contributed by atoms with van der Waals surface area (Å²) in [5, 5.41) is 11.7. The molecule has 0 spiro atoms. The number of hydrogen-bond acceptors (Lipinski definition) is 4. The van der Waals surface area contributed by atoms with Gasteiger partial charge in [-0.3, -0.25) is 4.79 Å². The molecule has 1 aliphatic rings. The topological polar surface area (TPSA) is 102 Å². The third kappa shape index (κ3) is 3.33. The molecule has 1 aromatic carbocycles. The van der Waals surface area contributed by atoms with E-state index in [0.717, 1.165) is 19.3 Å². The Bertz CT molecular complexity index is 547. The van der Waals surface area contributed by atoms with Gasteiger partial charge in [0.05, 0.1) is 18.4 Å². The lowest BCUT2D eigenvalue weighted by Crippen LogP contribution is -2.40. The SMILES string of the molecule is COc1ccc(C(=O)O)cc1NC(=O)CC1(CN)CCC1. The lowest BCUT2D eigenvalue weighted by atomic mass is 9.66. The van der Waals surface area contributed by atoms with Crippen molar-refractivity contribution < 1.29 is 19.4 Å². The molecule has 2 rings (SSSR count). The number of nitrogens with two attached hydrogens (primary N) is 1. The fourth-order valence-corrected chi connectivity index (χ4v) is 2.60. The molecule has 0 saturated heterocycles. The van der Waals surface area contributed by atoms with E-state index in [9.17, 15) is 9.59 Å². The zero-order chi connectivity index (χ0) is 15.5. The maximum Gasteiger partial charge on any atom is 0.335 e. The second-order valence-electron chi connectivity index (χ2n) is 5.50. The molecular formula is C15H20N2O4. The van der Waals surface area contributed by atoms with Gasteiger partial charge in [0.1, 0.15) is 5.75 Å². The first-order valence-electron chi connectivity index (χ1n) is 6.91. The molecule has 0 atom stereocenters. The quantitative estimate of drug-likeness (QED) is 0.742. The van der Waals surface area contributed by atoms with Crippen molar-refractivity contribution in [1.29, 1.82) is 0 Å². The van der Waals surface area contributed by atoms with Crippen molar-refractivity contribution in [3.63, 3.8) is 0 Å². The lowest BCUT2D eigenvalue weighted by Gasteiger charge is -2.40. The van der Waals surface area contributed by atoms with Crippen LogP contribution in [0, 0.1) is 5.41 Å². The third-order valence-corrected chi connectivity index (χ3v) is 4.10. The van der Waals surface area contributed by atoms with Crippen LogP contribution in [-0.4, -0.2) is 30.6 Å². The van der Waals surface area contributed by atoms with Gasteiger partial charge in [0, 0.05) is 6.42 Å². The van der Waals surface area contributed by atoms with Crippen molar-refractivity contribution in [2.24, 2.45) is 11.1 Å². The number of amides is 1. The molecule has 0 aliphatic heterocycles. The highest BCUT2D eigenvalue weighted by molar-refractivity contribution is 5.95. The molecule has 0 radical (unpaired) electrons. The van der Waals surface area contributed by atoms with Gasteiger partial charge >= 0.3 is 5.97 Å². The van der Waals surface area contributed by atoms with Crippen molar-refractivity contribution in [2.75, 3.05) is 19.0 Å². The molecule has 6 heteroatoms. The fourth-order valence-electron chi connectivity index (χ4n) is 2.60. The molecule has 0 heterocycles. The first kappa shape index (κ1) is 15.3. The van der Waals surface area contributed by atoms with Crippen molar-refractivity contribution >= 4 is 17.6 Å². The minimum absolute atomic E-state index is 0.0955. The van der Waals surface area contributed by atoms with Crippen LogP contribution in [0.3, 0.4) is 0 Å². The largest absolute Gasteiger partial charge is 0.495 e. The number of nitrogens with one attached hydrogen (secondary N) is 1. The van der Waals surface area contributed by atoms with E-state index < -0.39 is 5.97 Å². The highest BCUT2D eigenvalue weighted by Crippen LogP contribution is 2.43. The van der Waals surface area contributed by atoms with Crippen LogP contribution >= 0.6 is 0 Å². The Kier molecular flexibility index (Phi) is 4.47. The van der Waals surface area contributed by atoms with E-state index in [1.165, 1.54) is 25.3 Å². The van der Waals surface area contributed by atoms with Crippen LogP contribution in [0.25, 0.3) is 0 Å². The second kappa shape index (κ2) is 6.13. The molecule has 1 aromatic rings. The Labute approximate surface area is 123 Å². The number of rotatable bonds is 6. The second-order valence-corrected chi connectivity index (χ2v) is 5.50. The number of carboxylic acids is 1. The molecule has 0 unspecified atom stereocenters. The minimum Gasteiger partial charge on any atom is -0.495 e. The van der Waals surface area contributed by atoms with Crippen molar-refractivity contribution in [2.45, 2.75) is 25.7 Å². The summed E-state index contributed by atoms with van der Waals surface area (Å²) >= 11 is 0. The Morgan fingerprint density at radius 3 is 2.62 bits per heavy atom. The van der Waals surface area contributed by atoms with Gasteiger partial charge in [0.2, 0.25) is 5.91 Å². The summed E-state index contributed by atoms with van der Waals surface area (Å²) in [7, 11) is 1.47. The summed E-state index contributed by atoms with van der Waals surface area (Å²) in [6.45, 7) is 0.493.